The predicted molar refractivity (Wildman–Crippen MR) is 56.5 cm³/mol. The van der Waals surface area contributed by atoms with Crippen LogP contribution in [0.25, 0.3) is 0 Å². The predicted octanol–water partition coefficient (Wildman–Crippen LogP) is 3.07. The summed E-state index contributed by atoms with van der Waals surface area (Å²) in [6.07, 6.45) is 4.73. The van der Waals surface area contributed by atoms with E-state index in [4.69, 9.17) is 0 Å². The van der Waals surface area contributed by atoms with Crippen LogP contribution in [0, 0.1) is 0 Å². The van der Waals surface area contributed by atoms with Crippen LogP contribution in [0.1, 0.15) is 40.5 Å². The Hall–Kier alpha value is -0.300. The van der Waals surface area contributed by atoms with E-state index < -0.39 is 0 Å². The van der Waals surface area contributed by atoms with E-state index in [1.165, 1.54) is 12.8 Å². The molecule has 0 fully saturated rings. The fraction of sp³-hybridized carbons (Fsp3) is 0.818. The molecule has 0 radical (unpaired) electrons. The van der Waals surface area contributed by atoms with Crippen molar-refractivity contribution in [2.24, 2.45) is 0 Å². The van der Waals surface area contributed by atoms with Crippen LogP contribution in [0.3, 0.4) is 0 Å². The van der Waals surface area contributed by atoms with E-state index in [0.717, 1.165) is 19.6 Å². The minimum absolute atomic E-state index is 1.16. The molecule has 0 saturated carbocycles. The van der Waals surface area contributed by atoms with Crippen LogP contribution >= 0.6 is 0 Å². The van der Waals surface area contributed by atoms with E-state index in [9.17, 15) is 0 Å². The fourth-order valence-electron chi connectivity index (χ4n) is 1.34. The largest absolute Gasteiger partial charge is 0.300 e. The standard InChI is InChI=1S/C11H23N/c1-5-9-11(6-2)10-12(7-3)8-4/h9H,5-8,10H2,1-4H3/b11-9-. The van der Waals surface area contributed by atoms with Gasteiger partial charge in [-0.1, -0.05) is 39.3 Å². The summed E-state index contributed by atoms with van der Waals surface area (Å²) in [6.45, 7) is 12.4. The van der Waals surface area contributed by atoms with Gasteiger partial charge in [0.15, 0.2) is 0 Å². The first-order valence-corrected chi connectivity index (χ1v) is 5.18. The highest BCUT2D eigenvalue weighted by Crippen LogP contribution is 2.04. The molecule has 0 spiro atoms. The maximum atomic E-state index is 2.46. The number of allylic oxidation sites excluding steroid dienone is 1. The molecule has 0 aliphatic rings. The zero-order chi connectivity index (χ0) is 9.40. The van der Waals surface area contributed by atoms with Crippen molar-refractivity contribution in [2.45, 2.75) is 40.5 Å². The lowest BCUT2D eigenvalue weighted by Crippen LogP contribution is -2.25. The second-order valence-electron chi connectivity index (χ2n) is 3.09. The van der Waals surface area contributed by atoms with Crippen molar-refractivity contribution in [2.75, 3.05) is 19.6 Å². The Kier molecular flexibility index (Phi) is 7.17. The normalized spacial score (nSPS) is 12.6. The molecule has 0 heterocycles. The summed E-state index contributed by atoms with van der Waals surface area (Å²) in [5.74, 6) is 0. The van der Waals surface area contributed by atoms with Gasteiger partial charge in [0.05, 0.1) is 0 Å². The molecule has 0 aliphatic carbocycles. The molecule has 0 amide bonds. The first kappa shape index (κ1) is 11.7. The third kappa shape index (κ3) is 4.55. The van der Waals surface area contributed by atoms with Gasteiger partial charge in [-0.25, -0.2) is 0 Å². The van der Waals surface area contributed by atoms with Crippen molar-refractivity contribution in [1.29, 1.82) is 0 Å². The number of rotatable bonds is 6. The van der Waals surface area contributed by atoms with Crippen molar-refractivity contribution in [3.05, 3.63) is 11.6 Å². The Labute approximate surface area is 77.5 Å². The van der Waals surface area contributed by atoms with Gasteiger partial charge in [0.25, 0.3) is 0 Å². The molecule has 1 heteroatoms. The molecule has 0 aliphatic heterocycles. The monoisotopic (exact) mass is 169 g/mol. The molecule has 0 aromatic carbocycles. The fourth-order valence-corrected chi connectivity index (χ4v) is 1.34. The van der Waals surface area contributed by atoms with Gasteiger partial charge in [-0.2, -0.15) is 0 Å². The van der Waals surface area contributed by atoms with Crippen LogP contribution in [0.5, 0.6) is 0 Å². The summed E-state index contributed by atoms with van der Waals surface area (Å²) in [5.41, 5.74) is 1.58. The van der Waals surface area contributed by atoms with Gasteiger partial charge < -0.3 is 0 Å². The minimum Gasteiger partial charge on any atom is -0.300 e. The maximum absolute atomic E-state index is 2.46. The van der Waals surface area contributed by atoms with E-state index in [1.54, 1.807) is 5.57 Å². The summed E-state index contributed by atoms with van der Waals surface area (Å²) < 4.78 is 0. The molecule has 0 aromatic heterocycles. The van der Waals surface area contributed by atoms with Crippen molar-refractivity contribution in [1.82, 2.24) is 4.90 Å². The van der Waals surface area contributed by atoms with Crippen molar-refractivity contribution < 1.29 is 0 Å². The molecule has 0 rings (SSSR count). The Morgan fingerprint density at radius 2 is 1.67 bits per heavy atom. The molecule has 0 aromatic rings. The van der Waals surface area contributed by atoms with Crippen molar-refractivity contribution >= 4 is 0 Å². The number of likely N-dealkylation sites (N-methyl/N-ethyl adjacent to an activating group) is 1. The Balaban J connectivity index is 3.91. The van der Waals surface area contributed by atoms with Crippen LogP contribution in [0.15, 0.2) is 11.6 Å². The second kappa shape index (κ2) is 7.35. The highest BCUT2D eigenvalue weighted by atomic mass is 15.1. The summed E-state index contributed by atoms with van der Waals surface area (Å²) >= 11 is 0. The zero-order valence-corrected chi connectivity index (χ0v) is 9.06. The molecular weight excluding hydrogens is 146 g/mol. The molecular formula is C11H23N. The topological polar surface area (TPSA) is 3.24 Å². The third-order valence-electron chi connectivity index (χ3n) is 2.27. The smallest absolute Gasteiger partial charge is 0.0192 e. The number of hydrogen-bond acceptors (Lipinski definition) is 1. The van der Waals surface area contributed by atoms with Crippen LogP contribution < -0.4 is 0 Å². The average Bonchev–Trinajstić information content (AvgIpc) is 2.12. The van der Waals surface area contributed by atoms with Gasteiger partial charge in [-0.3, -0.25) is 4.90 Å². The van der Waals surface area contributed by atoms with Crippen LogP contribution in [-0.2, 0) is 0 Å². The lowest BCUT2D eigenvalue weighted by atomic mass is 10.1. The first-order chi connectivity index (χ1) is 5.78. The molecule has 72 valence electrons. The van der Waals surface area contributed by atoms with E-state index in [1.807, 2.05) is 0 Å². The van der Waals surface area contributed by atoms with Gasteiger partial charge in [0.2, 0.25) is 0 Å². The molecule has 0 saturated heterocycles. The number of nitrogens with zero attached hydrogens (tertiary/aromatic N) is 1. The van der Waals surface area contributed by atoms with E-state index in [2.05, 4.69) is 38.7 Å². The molecule has 0 unspecified atom stereocenters. The summed E-state index contributed by atoms with van der Waals surface area (Å²) in [5, 5.41) is 0. The average molecular weight is 169 g/mol. The highest BCUT2D eigenvalue weighted by Gasteiger charge is 2.00. The first-order valence-electron chi connectivity index (χ1n) is 5.18. The van der Waals surface area contributed by atoms with Crippen LogP contribution in [0.4, 0.5) is 0 Å². The van der Waals surface area contributed by atoms with E-state index >= 15 is 0 Å². The SMILES string of the molecule is CC/C=C(/CC)CN(CC)CC. The lowest BCUT2D eigenvalue weighted by molar-refractivity contribution is 0.327. The zero-order valence-electron chi connectivity index (χ0n) is 9.06. The van der Waals surface area contributed by atoms with Crippen LogP contribution in [0.2, 0.25) is 0 Å². The number of hydrogen-bond donors (Lipinski definition) is 0. The molecule has 12 heavy (non-hydrogen) atoms. The van der Waals surface area contributed by atoms with Gasteiger partial charge in [-0.15, -0.1) is 0 Å². The third-order valence-corrected chi connectivity index (χ3v) is 2.27. The Morgan fingerprint density at radius 1 is 1.08 bits per heavy atom. The quantitative estimate of drug-likeness (QED) is 0.552. The Bertz CT molecular complexity index is 123. The summed E-state index contributed by atoms with van der Waals surface area (Å²) in [4.78, 5) is 2.46. The summed E-state index contributed by atoms with van der Waals surface area (Å²) in [7, 11) is 0. The lowest BCUT2D eigenvalue weighted by Gasteiger charge is -2.19. The van der Waals surface area contributed by atoms with Gasteiger partial charge in [-0.05, 0) is 25.9 Å². The molecule has 0 bridgehead atoms. The maximum Gasteiger partial charge on any atom is 0.0192 e. The van der Waals surface area contributed by atoms with E-state index in [-0.39, 0.29) is 0 Å². The van der Waals surface area contributed by atoms with Crippen LogP contribution in [-0.4, -0.2) is 24.5 Å². The second-order valence-corrected chi connectivity index (χ2v) is 3.09. The van der Waals surface area contributed by atoms with Gasteiger partial charge in [0.1, 0.15) is 0 Å². The minimum atomic E-state index is 1.16. The van der Waals surface area contributed by atoms with Gasteiger partial charge >= 0.3 is 0 Å². The highest BCUT2D eigenvalue weighted by molar-refractivity contribution is 5.03. The van der Waals surface area contributed by atoms with Crippen molar-refractivity contribution in [3.8, 4) is 0 Å². The van der Waals surface area contributed by atoms with E-state index in [0.29, 0.717) is 0 Å². The Morgan fingerprint density at radius 3 is 2.00 bits per heavy atom. The molecule has 1 nitrogen and oxygen atoms in total. The van der Waals surface area contributed by atoms with Gasteiger partial charge in [0, 0.05) is 6.54 Å². The van der Waals surface area contributed by atoms with Crippen molar-refractivity contribution in [3.63, 3.8) is 0 Å². The molecule has 0 N–H and O–H groups in total. The summed E-state index contributed by atoms with van der Waals surface area (Å²) in [6, 6.07) is 0. The molecule has 0 atom stereocenters.